The summed E-state index contributed by atoms with van der Waals surface area (Å²) in [6, 6.07) is 17.9. The molecule has 0 fully saturated rings. The Kier molecular flexibility index (Phi) is 3.88. The fourth-order valence-electron chi connectivity index (χ4n) is 2.35. The van der Waals surface area contributed by atoms with Crippen molar-refractivity contribution < 1.29 is 0 Å². The number of benzene rings is 2. The van der Waals surface area contributed by atoms with Crippen molar-refractivity contribution >= 4 is 17.3 Å². The lowest BCUT2D eigenvalue weighted by atomic mass is 9.99. The first kappa shape index (κ1) is 14.9. The second-order valence-electron chi connectivity index (χ2n) is 5.04. The Labute approximate surface area is 137 Å². The first-order chi connectivity index (χ1) is 11.1. The lowest BCUT2D eigenvalue weighted by Crippen LogP contribution is -2.12. The number of nitrogen functional groups attached to an aromatic ring is 1. The summed E-state index contributed by atoms with van der Waals surface area (Å²) in [5.41, 5.74) is 8.75. The number of aromatic amines is 1. The molecule has 0 aliphatic carbocycles. The normalized spacial score (nSPS) is 10.3. The third-order valence-electron chi connectivity index (χ3n) is 3.52. The Morgan fingerprint density at radius 2 is 1.61 bits per heavy atom. The van der Waals surface area contributed by atoms with E-state index < -0.39 is 5.56 Å². The van der Waals surface area contributed by atoms with Crippen LogP contribution in [0.4, 0.5) is 5.69 Å². The molecular formula is C18H12ClN3O. The van der Waals surface area contributed by atoms with Crippen LogP contribution in [0.5, 0.6) is 0 Å². The maximum absolute atomic E-state index is 12.2. The largest absolute Gasteiger partial charge is 0.399 e. The van der Waals surface area contributed by atoms with Crippen LogP contribution in [0.25, 0.3) is 22.4 Å². The molecule has 23 heavy (non-hydrogen) atoms. The van der Waals surface area contributed by atoms with Gasteiger partial charge >= 0.3 is 0 Å². The van der Waals surface area contributed by atoms with Crippen molar-refractivity contribution in [1.29, 1.82) is 5.26 Å². The lowest BCUT2D eigenvalue weighted by Gasteiger charge is -2.08. The summed E-state index contributed by atoms with van der Waals surface area (Å²) in [5.74, 6) is 0. The van der Waals surface area contributed by atoms with Crippen molar-refractivity contribution in [2.24, 2.45) is 0 Å². The molecule has 3 rings (SSSR count). The minimum atomic E-state index is -0.424. The molecule has 1 aromatic heterocycles. The van der Waals surface area contributed by atoms with E-state index in [1.807, 2.05) is 18.2 Å². The van der Waals surface area contributed by atoms with E-state index >= 15 is 0 Å². The van der Waals surface area contributed by atoms with Crippen molar-refractivity contribution in [1.82, 2.24) is 4.98 Å². The van der Waals surface area contributed by atoms with Gasteiger partial charge in [0.05, 0.1) is 0 Å². The van der Waals surface area contributed by atoms with Gasteiger partial charge in [0.15, 0.2) is 0 Å². The number of pyridine rings is 1. The lowest BCUT2D eigenvalue weighted by molar-refractivity contribution is 1.22. The van der Waals surface area contributed by atoms with Gasteiger partial charge in [-0.3, -0.25) is 4.79 Å². The highest BCUT2D eigenvalue weighted by molar-refractivity contribution is 6.30. The molecule has 0 aliphatic rings. The van der Waals surface area contributed by atoms with E-state index in [2.05, 4.69) is 4.98 Å². The van der Waals surface area contributed by atoms with Gasteiger partial charge in [-0.05, 0) is 41.5 Å². The minimum Gasteiger partial charge on any atom is -0.399 e. The summed E-state index contributed by atoms with van der Waals surface area (Å²) in [4.78, 5) is 15.0. The first-order valence-corrected chi connectivity index (χ1v) is 7.25. The van der Waals surface area contributed by atoms with Crippen molar-refractivity contribution in [3.8, 4) is 28.5 Å². The first-order valence-electron chi connectivity index (χ1n) is 6.88. The SMILES string of the molecule is N#Cc1c(-c2ccc(Cl)cc2)cc(-c2ccc(N)cc2)[nH]c1=O. The number of nitrogens with zero attached hydrogens (tertiary/aromatic N) is 1. The number of aromatic nitrogens is 1. The average molecular weight is 322 g/mol. The van der Waals surface area contributed by atoms with Gasteiger partial charge in [0.2, 0.25) is 0 Å². The standard InChI is InChI=1S/C18H12ClN3O/c19-13-5-1-11(2-6-13)15-9-17(22-18(23)16(15)10-20)12-3-7-14(21)8-4-12/h1-9H,21H2,(H,22,23). The highest BCUT2D eigenvalue weighted by atomic mass is 35.5. The summed E-state index contributed by atoms with van der Waals surface area (Å²) in [6.45, 7) is 0. The molecule has 1 heterocycles. The number of nitrogens with two attached hydrogens (primary N) is 1. The Hall–Kier alpha value is -3.03. The maximum atomic E-state index is 12.2. The number of H-pyrrole nitrogens is 1. The number of nitrogens with one attached hydrogen (secondary N) is 1. The molecule has 2 aromatic carbocycles. The number of rotatable bonds is 2. The number of halogens is 1. The maximum Gasteiger partial charge on any atom is 0.266 e. The highest BCUT2D eigenvalue weighted by Crippen LogP contribution is 2.27. The smallest absolute Gasteiger partial charge is 0.266 e. The molecular weight excluding hydrogens is 310 g/mol. The van der Waals surface area contributed by atoms with Gasteiger partial charge in [-0.1, -0.05) is 35.9 Å². The number of hydrogen-bond donors (Lipinski definition) is 2. The van der Waals surface area contributed by atoms with E-state index in [0.29, 0.717) is 22.0 Å². The number of hydrogen-bond acceptors (Lipinski definition) is 3. The molecule has 5 heteroatoms. The summed E-state index contributed by atoms with van der Waals surface area (Å²) in [6.07, 6.45) is 0. The van der Waals surface area contributed by atoms with Crippen LogP contribution in [0.3, 0.4) is 0 Å². The van der Waals surface area contributed by atoms with E-state index in [0.717, 1.165) is 11.1 Å². The summed E-state index contributed by atoms with van der Waals surface area (Å²) < 4.78 is 0. The molecule has 0 aliphatic heterocycles. The van der Waals surface area contributed by atoms with Crippen LogP contribution < -0.4 is 11.3 Å². The molecule has 3 N–H and O–H groups in total. The van der Waals surface area contributed by atoms with Crippen LogP contribution in [-0.4, -0.2) is 4.98 Å². The molecule has 0 spiro atoms. The monoisotopic (exact) mass is 321 g/mol. The summed E-state index contributed by atoms with van der Waals surface area (Å²) >= 11 is 5.90. The zero-order chi connectivity index (χ0) is 16.4. The molecule has 0 atom stereocenters. The Balaban J connectivity index is 2.22. The predicted molar refractivity (Wildman–Crippen MR) is 92.1 cm³/mol. The fraction of sp³-hybridized carbons (Fsp3) is 0. The van der Waals surface area contributed by atoms with Gasteiger partial charge in [0, 0.05) is 22.0 Å². The van der Waals surface area contributed by atoms with Gasteiger partial charge in [-0.2, -0.15) is 5.26 Å². The third kappa shape index (κ3) is 2.96. The molecule has 3 aromatic rings. The number of anilines is 1. The van der Waals surface area contributed by atoms with Crippen LogP contribution >= 0.6 is 11.6 Å². The van der Waals surface area contributed by atoms with E-state index in [9.17, 15) is 10.1 Å². The Morgan fingerprint density at radius 1 is 1.00 bits per heavy atom. The van der Waals surface area contributed by atoms with Gasteiger partial charge < -0.3 is 10.7 Å². The molecule has 0 radical (unpaired) electrons. The van der Waals surface area contributed by atoms with Crippen LogP contribution in [-0.2, 0) is 0 Å². The molecule has 0 saturated carbocycles. The third-order valence-corrected chi connectivity index (χ3v) is 3.77. The highest BCUT2D eigenvalue weighted by Gasteiger charge is 2.12. The Morgan fingerprint density at radius 3 is 2.22 bits per heavy atom. The average Bonchev–Trinajstić information content (AvgIpc) is 2.55. The van der Waals surface area contributed by atoms with Crippen molar-refractivity contribution in [2.75, 3.05) is 5.73 Å². The molecule has 0 unspecified atom stereocenters. The second-order valence-corrected chi connectivity index (χ2v) is 5.48. The summed E-state index contributed by atoms with van der Waals surface area (Å²) in [5, 5.41) is 9.89. The summed E-state index contributed by atoms with van der Waals surface area (Å²) in [7, 11) is 0. The van der Waals surface area contributed by atoms with Crippen LogP contribution in [0.2, 0.25) is 5.02 Å². The second kappa shape index (κ2) is 5.99. The molecule has 112 valence electrons. The van der Waals surface area contributed by atoms with Gasteiger partial charge in [-0.25, -0.2) is 0 Å². The molecule has 0 bridgehead atoms. The topological polar surface area (TPSA) is 82.7 Å². The predicted octanol–water partition coefficient (Wildman–Crippen LogP) is 3.82. The van der Waals surface area contributed by atoms with Gasteiger partial charge in [0.25, 0.3) is 5.56 Å². The molecule has 0 amide bonds. The van der Waals surface area contributed by atoms with Crippen molar-refractivity contribution in [3.63, 3.8) is 0 Å². The molecule has 4 nitrogen and oxygen atoms in total. The van der Waals surface area contributed by atoms with E-state index in [1.165, 1.54) is 0 Å². The quantitative estimate of drug-likeness (QED) is 0.704. The Bertz CT molecular complexity index is 952. The molecule has 0 saturated heterocycles. The van der Waals surface area contributed by atoms with Crippen molar-refractivity contribution in [3.05, 3.63) is 75.5 Å². The van der Waals surface area contributed by atoms with Crippen LogP contribution in [0.15, 0.2) is 59.4 Å². The van der Waals surface area contributed by atoms with Crippen LogP contribution in [0.1, 0.15) is 5.56 Å². The van der Waals surface area contributed by atoms with Crippen molar-refractivity contribution in [2.45, 2.75) is 0 Å². The van der Waals surface area contributed by atoms with Crippen LogP contribution in [0, 0.1) is 11.3 Å². The zero-order valence-electron chi connectivity index (χ0n) is 12.0. The van der Waals surface area contributed by atoms with E-state index in [4.69, 9.17) is 17.3 Å². The van der Waals surface area contributed by atoms with Gasteiger partial charge in [-0.15, -0.1) is 0 Å². The van der Waals surface area contributed by atoms with Gasteiger partial charge in [0.1, 0.15) is 11.6 Å². The zero-order valence-corrected chi connectivity index (χ0v) is 12.8. The van der Waals surface area contributed by atoms with E-state index in [1.54, 1.807) is 42.5 Å². The minimum absolute atomic E-state index is 0.0755. The fourth-order valence-corrected chi connectivity index (χ4v) is 2.47. The van der Waals surface area contributed by atoms with E-state index in [-0.39, 0.29) is 5.56 Å². The number of nitriles is 1.